The van der Waals surface area contributed by atoms with Gasteiger partial charge >= 0.3 is 0 Å². The molecule has 0 unspecified atom stereocenters. The summed E-state index contributed by atoms with van der Waals surface area (Å²) in [5.74, 6) is 0.938. The van der Waals surface area contributed by atoms with Crippen molar-refractivity contribution in [1.29, 1.82) is 5.41 Å². The number of aryl methyl sites for hydroxylation is 3. The van der Waals surface area contributed by atoms with Crippen molar-refractivity contribution in [2.45, 2.75) is 26.2 Å². The molecule has 0 radical (unpaired) electrons. The molecule has 0 saturated heterocycles. The van der Waals surface area contributed by atoms with Crippen LogP contribution in [0.25, 0.3) is 0 Å². The van der Waals surface area contributed by atoms with Gasteiger partial charge in [-0.25, -0.2) is 4.98 Å². The zero-order valence-corrected chi connectivity index (χ0v) is 12.6. The molecule has 0 aliphatic rings. The van der Waals surface area contributed by atoms with Crippen molar-refractivity contribution in [3.8, 4) is 5.75 Å². The first-order valence-electron chi connectivity index (χ1n) is 6.52. The Morgan fingerprint density at radius 2 is 2.20 bits per heavy atom. The zero-order valence-electron chi connectivity index (χ0n) is 11.8. The molecule has 0 spiro atoms. The molecule has 4 nitrogen and oxygen atoms in total. The van der Waals surface area contributed by atoms with Gasteiger partial charge < -0.3 is 10.5 Å². The van der Waals surface area contributed by atoms with Crippen LogP contribution in [-0.4, -0.2) is 17.9 Å². The number of nitrogens with zero attached hydrogens (tertiary/aromatic N) is 1. The summed E-state index contributed by atoms with van der Waals surface area (Å²) >= 11 is 1.68. The molecular weight excluding hydrogens is 270 g/mol. The van der Waals surface area contributed by atoms with Gasteiger partial charge in [-0.05, 0) is 49.9 Å². The van der Waals surface area contributed by atoms with Crippen LogP contribution in [0.2, 0.25) is 0 Å². The minimum absolute atomic E-state index is 0.0871. The third kappa shape index (κ3) is 3.57. The predicted octanol–water partition coefficient (Wildman–Crippen LogP) is 2.92. The van der Waals surface area contributed by atoms with E-state index in [1.807, 2.05) is 25.1 Å². The Balaban J connectivity index is 2.03. The molecule has 0 fully saturated rings. The zero-order chi connectivity index (χ0) is 14.5. The van der Waals surface area contributed by atoms with Crippen LogP contribution in [0.5, 0.6) is 5.75 Å². The molecule has 0 atom stereocenters. The highest BCUT2D eigenvalue weighted by Crippen LogP contribution is 2.22. The van der Waals surface area contributed by atoms with E-state index in [0.717, 1.165) is 46.8 Å². The number of rotatable bonds is 6. The lowest BCUT2D eigenvalue weighted by Gasteiger charge is -2.10. The molecule has 5 heteroatoms. The van der Waals surface area contributed by atoms with Gasteiger partial charge in [0.15, 0.2) is 0 Å². The Morgan fingerprint density at radius 1 is 1.40 bits per heavy atom. The molecule has 106 valence electrons. The molecule has 0 saturated carbocycles. The average molecular weight is 289 g/mol. The van der Waals surface area contributed by atoms with Crippen molar-refractivity contribution < 1.29 is 4.74 Å². The fourth-order valence-corrected chi connectivity index (χ4v) is 2.77. The number of benzene rings is 1. The maximum atomic E-state index is 7.50. The number of ether oxygens (including phenoxy) is 1. The summed E-state index contributed by atoms with van der Waals surface area (Å²) < 4.78 is 5.36. The van der Waals surface area contributed by atoms with Crippen LogP contribution in [0.1, 0.15) is 28.2 Å². The van der Waals surface area contributed by atoms with Crippen molar-refractivity contribution in [3.63, 3.8) is 0 Å². The largest absolute Gasteiger partial charge is 0.496 e. The van der Waals surface area contributed by atoms with Gasteiger partial charge in [-0.15, -0.1) is 11.3 Å². The number of nitrogen functional groups attached to an aromatic ring is 1. The fraction of sp³-hybridized carbons (Fsp3) is 0.333. The van der Waals surface area contributed by atoms with Crippen LogP contribution in [-0.2, 0) is 12.8 Å². The molecule has 1 heterocycles. The van der Waals surface area contributed by atoms with Gasteiger partial charge in [0.1, 0.15) is 11.6 Å². The number of nitrogens with two attached hydrogens (primary N) is 1. The van der Waals surface area contributed by atoms with Crippen molar-refractivity contribution in [2.75, 3.05) is 7.11 Å². The summed E-state index contributed by atoms with van der Waals surface area (Å²) in [6.07, 6.45) is 2.85. The van der Waals surface area contributed by atoms with Gasteiger partial charge in [-0.2, -0.15) is 0 Å². The van der Waals surface area contributed by atoms with E-state index in [0.29, 0.717) is 0 Å². The van der Waals surface area contributed by atoms with Gasteiger partial charge in [-0.1, -0.05) is 0 Å². The lowest BCUT2D eigenvalue weighted by molar-refractivity contribution is 0.409. The number of thiazole rings is 1. The van der Waals surface area contributed by atoms with E-state index in [-0.39, 0.29) is 5.84 Å². The molecule has 1 aromatic heterocycles. The summed E-state index contributed by atoms with van der Waals surface area (Å²) in [6, 6.07) is 5.63. The Kier molecular flexibility index (Phi) is 4.74. The van der Waals surface area contributed by atoms with E-state index >= 15 is 0 Å². The smallest absolute Gasteiger partial charge is 0.122 e. The Bertz CT molecular complexity index is 607. The van der Waals surface area contributed by atoms with Crippen molar-refractivity contribution >= 4 is 17.2 Å². The highest BCUT2D eigenvalue weighted by atomic mass is 32.1. The summed E-state index contributed by atoms with van der Waals surface area (Å²) in [4.78, 5) is 4.46. The molecule has 0 amide bonds. The maximum Gasteiger partial charge on any atom is 0.122 e. The van der Waals surface area contributed by atoms with E-state index in [1.54, 1.807) is 18.4 Å². The summed E-state index contributed by atoms with van der Waals surface area (Å²) in [5.41, 5.74) is 8.51. The molecule has 0 bridgehead atoms. The lowest BCUT2D eigenvalue weighted by Crippen LogP contribution is -2.11. The monoisotopic (exact) mass is 289 g/mol. The second-order valence-electron chi connectivity index (χ2n) is 4.65. The minimum Gasteiger partial charge on any atom is -0.496 e. The third-order valence-corrected chi connectivity index (χ3v) is 3.96. The molecule has 0 aliphatic carbocycles. The van der Waals surface area contributed by atoms with Gasteiger partial charge in [0.25, 0.3) is 0 Å². The maximum absolute atomic E-state index is 7.50. The SMILES string of the molecule is COc1ccc(C(=N)N)cc1CCCc1csc(C)n1. The first kappa shape index (κ1) is 14.5. The van der Waals surface area contributed by atoms with Crippen molar-refractivity contribution in [2.24, 2.45) is 5.73 Å². The highest BCUT2D eigenvalue weighted by molar-refractivity contribution is 7.09. The van der Waals surface area contributed by atoms with Gasteiger partial charge in [0, 0.05) is 10.9 Å². The molecular formula is C15H19N3OS. The summed E-state index contributed by atoms with van der Waals surface area (Å²) in [7, 11) is 1.66. The van der Waals surface area contributed by atoms with Crippen LogP contribution in [0.3, 0.4) is 0 Å². The van der Waals surface area contributed by atoms with Gasteiger partial charge in [-0.3, -0.25) is 5.41 Å². The molecule has 1 aromatic carbocycles. The van der Waals surface area contributed by atoms with Gasteiger partial charge in [0.2, 0.25) is 0 Å². The molecule has 3 N–H and O–H groups in total. The van der Waals surface area contributed by atoms with E-state index in [1.165, 1.54) is 0 Å². The van der Waals surface area contributed by atoms with Crippen LogP contribution < -0.4 is 10.5 Å². The van der Waals surface area contributed by atoms with Crippen molar-refractivity contribution in [3.05, 3.63) is 45.4 Å². The van der Waals surface area contributed by atoms with E-state index < -0.39 is 0 Å². The number of aromatic nitrogens is 1. The fourth-order valence-electron chi connectivity index (χ4n) is 2.12. The van der Waals surface area contributed by atoms with Crippen LogP contribution >= 0.6 is 11.3 Å². The van der Waals surface area contributed by atoms with E-state index in [4.69, 9.17) is 15.9 Å². The molecule has 2 rings (SSSR count). The lowest BCUT2D eigenvalue weighted by atomic mass is 10.0. The Morgan fingerprint density at radius 3 is 2.80 bits per heavy atom. The number of methoxy groups -OCH3 is 1. The third-order valence-electron chi connectivity index (χ3n) is 3.14. The van der Waals surface area contributed by atoms with Crippen molar-refractivity contribution in [1.82, 2.24) is 4.98 Å². The van der Waals surface area contributed by atoms with E-state index in [9.17, 15) is 0 Å². The van der Waals surface area contributed by atoms with Crippen LogP contribution in [0.4, 0.5) is 0 Å². The minimum atomic E-state index is 0.0871. The predicted molar refractivity (Wildman–Crippen MR) is 82.9 cm³/mol. The topological polar surface area (TPSA) is 72.0 Å². The summed E-state index contributed by atoms with van der Waals surface area (Å²) in [6.45, 7) is 2.02. The number of hydrogen-bond acceptors (Lipinski definition) is 4. The molecule has 2 aromatic rings. The first-order valence-corrected chi connectivity index (χ1v) is 7.40. The van der Waals surface area contributed by atoms with E-state index in [2.05, 4.69) is 10.4 Å². The standard InChI is InChI=1S/C15H19N3OS/c1-10-18-13(9-20-10)5-3-4-11-8-12(15(16)17)6-7-14(11)19-2/h6-9H,3-5H2,1-2H3,(H3,16,17). The van der Waals surface area contributed by atoms with Crippen LogP contribution in [0.15, 0.2) is 23.6 Å². The number of nitrogens with one attached hydrogen (secondary N) is 1. The normalized spacial score (nSPS) is 10.5. The number of hydrogen-bond donors (Lipinski definition) is 2. The molecule has 0 aliphatic heterocycles. The van der Waals surface area contributed by atoms with Gasteiger partial charge in [0.05, 0.1) is 17.8 Å². The quantitative estimate of drug-likeness (QED) is 0.634. The molecule has 20 heavy (non-hydrogen) atoms. The first-order chi connectivity index (χ1) is 9.60. The Hall–Kier alpha value is -1.88. The Labute approximate surface area is 123 Å². The second-order valence-corrected chi connectivity index (χ2v) is 5.71. The summed E-state index contributed by atoms with van der Waals surface area (Å²) in [5, 5.41) is 10.7. The highest BCUT2D eigenvalue weighted by Gasteiger charge is 2.07. The number of amidine groups is 1. The van der Waals surface area contributed by atoms with Crippen LogP contribution in [0, 0.1) is 12.3 Å². The average Bonchev–Trinajstić information content (AvgIpc) is 2.84. The second kappa shape index (κ2) is 6.52.